The van der Waals surface area contributed by atoms with Crippen molar-refractivity contribution in [3.05, 3.63) is 30.1 Å². The minimum absolute atomic E-state index is 0.436. The van der Waals surface area contributed by atoms with E-state index in [9.17, 15) is 0 Å². The highest BCUT2D eigenvalue weighted by Gasteiger charge is 2.26. The molecule has 1 saturated carbocycles. The van der Waals surface area contributed by atoms with Gasteiger partial charge in [-0.2, -0.15) is 0 Å². The molecule has 2 heterocycles. The lowest BCUT2D eigenvalue weighted by Crippen LogP contribution is -2.46. The number of piperidine rings is 1. The number of ether oxygens (including phenoxy) is 1. The molecule has 1 aliphatic carbocycles. The molecule has 0 bridgehead atoms. The number of nitrogens with zero attached hydrogens (tertiary/aromatic N) is 3. The van der Waals surface area contributed by atoms with E-state index in [1.807, 2.05) is 31.4 Å². The Bertz CT molecular complexity index is 479. The van der Waals surface area contributed by atoms with Crippen molar-refractivity contribution < 1.29 is 4.74 Å². The minimum atomic E-state index is 0.436. The number of hydrogen-bond donors (Lipinski definition) is 1. The van der Waals surface area contributed by atoms with Crippen LogP contribution in [0.5, 0.6) is 0 Å². The third-order valence-electron chi connectivity index (χ3n) is 4.37. The molecule has 1 aromatic rings. The van der Waals surface area contributed by atoms with E-state index in [1.54, 1.807) is 0 Å². The number of aliphatic imine (C=N–C) groups is 1. The second-order valence-electron chi connectivity index (χ2n) is 6.18. The van der Waals surface area contributed by atoms with Gasteiger partial charge in [-0.25, -0.2) is 0 Å². The molecule has 0 radical (unpaired) electrons. The van der Waals surface area contributed by atoms with Gasteiger partial charge < -0.3 is 15.0 Å². The Morgan fingerprint density at radius 2 is 2.14 bits per heavy atom. The van der Waals surface area contributed by atoms with Gasteiger partial charge in [-0.05, 0) is 43.7 Å². The van der Waals surface area contributed by atoms with Gasteiger partial charge in [0.1, 0.15) is 0 Å². The van der Waals surface area contributed by atoms with E-state index in [0.717, 1.165) is 50.1 Å². The van der Waals surface area contributed by atoms with Crippen molar-refractivity contribution in [2.75, 3.05) is 26.7 Å². The van der Waals surface area contributed by atoms with E-state index >= 15 is 0 Å². The summed E-state index contributed by atoms with van der Waals surface area (Å²) in [4.78, 5) is 11.1. The maximum absolute atomic E-state index is 6.00. The van der Waals surface area contributed by atoms with Crippen LogP contribution in [0.15, 0.2) is 29.4 Å². The molecule has 1 aromatic heterocycles. The lowest BCUT2D eigenvalue weighted by atomic mass is 10.1. The van der Waals surface area contributed by atoms with E-state index in [1.165, 1.54) is 12.8 Å². The van der Waals surface area contributed by atoms with Gasteiger partial charge in [-0.1, -0.05) is 6.07 Å². The second-order valence-corrected chi connectivity index (χ2v) is 6.18. The summed E-state index contributed by atoms with van der Waals surface area (Å²) >= 11 is 0. The monoisotopic (exact) mass is 302 g/mol. The highest BCUT2D eigenvalue weighted by atomic mass is 16.5. The Morgan fingerprint density at radius 3 is 2.77 bits per heavy atom. The number of aromatic nitrogens is 1. The molecular formula is C17H26N4O. The molecule has 2 aliphatic rings. The smallest absolute Gasteiger partial charge is 0.193 e. The molecule has 120 valence electrons. The number of rotatable bonds is 5. The van der Waals surface area contributed by atoms with Crippen LogP contribution in [0.25, 0.3) is 0 Å². The van der Waals surface area contributed by atoms with Crippen molar-refractivity contribution in [2.24, 2.45) is 10.9 Å². The summed E-state index contributed by atoms with van der Waals surface area (Å²) < 4.78 is 6.00. The van der Waals surface area contributed by atoms with Crippen molar-refractivity contribution in [3.8, 4) is 0 Å². The topological polar surface area (TPSA) is 49.8 Å². The largest absolute Gasteiger partial charge is 0.378 e. The van der Waals surface area contributed by atoms with Gasteiger partial charge >= 0.3 is 0 Å². The van der Waals surface area contributed by atoms with Crippen LogP contribution >= 0.6 is 0 Å². The summed E-state index contributed by atoms with van der Waals surface area (Å²) in [6.07, 6.45) is 7.17. The van der Waals surface area contributed by atoms with E-state index < -0.39 is 0 Å². The van der Waals surface area contributed by atoms with Crippen molar-refractivity contribution in [2.45, 2.75) is 38.3 Å². The normalized spacial score (nSPS) is 20.2. The van der Waals surface area contributed by atoms with E-state index in [0.29, 0.717) is 12.6 Å². The van der Waals surface area contributed by atoms with Crippen molar-refractivity contribution in [1.82, 2.24) is 15.2 Å². The highest BCUT2D eigenvalue weighted by Crippen LogP contribution is 2.30. The molecule has 5 nitrogen and oxygen atoms in total. The maximum Gasteiger partial charge on any atom is 0.193 e. The van der Waals surface area contributed by atoms with Crippen LogP contribution in [0, 0.1) is 5.92 Å². The summed E-state index contributed by atoms with van der Waals surface area (Å²) in [6, 6.07) is 5.97. The van der Waals surface area contributed by atoms with Crippen LogP contribution in [0.2, 0.25) is 0 Å². The van der Waals surface area contributed by atoms with Gasteiger partial charge in [0.15, 0.2) is 5.96 Å². The zero-order chi connectivity index (χ0) is 15.2. The van der Waals surface area contributed by atoms with Crippen LogP contribution in [0.4, 0.5) is 0 Å². The first-order chi connectivity index (χ1) is 10.8. The Labute approximate surface area is 132 Å². The first-order valence-corrected chi connectivity index (χ1v) is 8.32. The Hall–Kier alpha value is -1.62. The van der Waals surface area contributed by atoms with Gasteiger partial charge in [0, 0.05) is 32.9 Å². The maximum atomic E-state index is 6.00. The fourth-order valence-electron chi connectivity index (χ4n) is 2.80. The molecule has 1 N–H and O–H groups in total. The van der Waals surface area contributed by atoms with E-state index in [4.69, 9.17) is 4.74 Å². The summed E-state index contributed by atoms with van der Waals surface area (Å²) in [5.74, 6) is 1.82. The van der Waals surface area contributed by atoms with Gasteiger partial charge in [0.25, 0.3) is 0 Å². The third-order valence-corrected chi connectivity index (χ3v) is 4.37. The average molecular weight is 302 g/mol. The van der Waals surface area contributed by atoms with Gasteiger partial charge in [0.05, 0.1) is 18.3 Å². The average Bonchev–Trinajstić information content (AvgIpc) is 3.40. The molecular weight excluding hydrogens is 276 g/mol. The van der Waals surface area contributed by atoms with Gasteiger partial charge in [0.2, 0.25) is 0 Å². The van der Waals surface area contributed by atoms with E-state index in [2.05, 4.69) is 20.2 Å². The van der Waals surface area contributed by atoms with Crippen molar-refractivity contribution in [3.63, 3.8) is 0 Å². The van der Waals surface area contributed by atoms with Crippen LogP contribution < -0.4 is 5.32 Å². The summed E-state index contributed by atoms with van der Waals surface area (Å²) in [6.45, 7) is 3.71. The first kappa shape index (κ1) is 15.3. The Morgan fingerprint density at radius 1 is 1.32 bits per heavy atom. The zero-order valence-corrected chi connectivity index (χ0v) is 13.4. The number of guanidine groups is 1. The quantitative estimate of drug-likeness (QED) is 0.668. The van der Waals surface area contributed by atoms with Crippen molar-refractivity contribution in [1.29, 1.82) is 0 Å². The molecule has 0 amide bonds. The highest BCUT2D eigenvalue weighted by molar-refractivity contribution is 5.79. The molecule has 5 heteroatoms. The number of pyridine rings is 1. The van der Waals surface area contributed by atoms with Crippen molar-refractivity contribution >= 4 is 5.96 Å². The molecule has 22 heavy (non-hydrogen) atoms. The predicted octanol–water partition coefficient (Wildman–Crippen LogP) is 2.05. The lowest BCUT2D eigenvalue weighted by molar-refractivity contribution is 0.0131. The first-order valence-electron chi connectivity index (χ1n) is 8.32. The molecule has 0 spiro atoms. The molecule has 0 atom stereocenters. The van der Waals surface area contributed by atoms with Crippen LogP contribution in [0.1, 0.15) is 31.4 Å². The predicted molar refractivity (Wildman–Crippen MR) is 87.7 cm³/mol. The van der Waals surface area contributed by atoms with Gasteiger partial charge in [-0.15, -0.1) is 0 Å². The Kier molecular flexibility index (Phi) is 5.27. The molecule has 1 saturated heterocycles. The minimum Gasteiger partial charge on any atom is -0.378 e. The SMILES string of the molecule is CN=C(NCc1ccccn1)N1CCC(OCC2CC2)CC1. The fraction of sp³-hybridized carbons (Fsp3) is 0.647. The second kappa shape index (κ2) is 7.58. The third kappa shape index (κ3) is 4.44. The van der Waals surface area contributed by atoms with Crippen LogP contribution in [-0.4, -0.2) is 48.7 Å². The summed E-state index contributed by atoms with van der Waals surface area (Å²) in [5, 5.41) is 3.40. The number of likely N-dealkylation sites (tertiary alicyclic amines) is 1. The van der Waals surface area contributed by atoms with Crippen LogP contribution in [0.3, 0.4) is 0 Å². The number of hydrogen-bond acceptors (Lipinski definition) is 3. The van der Waals surface area contributed by atoms with Crippen LogP contribution in [-0.2, 0) is 11.3 Å². The lowest BCUT2D eigenvalue weighted by Gasteiger charge is -2.34. The Balaban J connectivity index is 1.42. The summed E-state index contributed by atoms with van der Waals surface area (Å²) in [7, 11) is 1.84. The fourth-order valence-corrected chi connectivity index (χ4v) is 2.80. The molecule has 0 aromatic carbocycles. The molecule has 3 rings (SSSR count). The van der Waals surface area contributed by atoms with Gasteiger partial charge in [-0.3, -0.25) is 9.98 Å². The summed E-state index contributed by atoms with van der Waals surface area (Å²) in [5.41, 5.74) is 1.03. The standard InChI is InChI=1S/C17H26N4O/c1-18-17(20-12-15-4-2-3-9-19-15)21-10-7-16(8-11-21)22-13-14-5-6-14/h2-4,9,14,16H,5-8,10-13H2,1H3,(H,18,20). The van der Waals surface area contributed by atoms with E-state index in [-0.39, 0.29) is 0 Å². The molecule has 2 fully saturated rings. The molecule has 0 unspecified atom stereocenters. The number of nitrogens with one attached hydrogen (secondary N) is 1. The molecule has 1 aliphatic heterocycles. The zero-order valence-electron chi connectivity index (χ0n) is 13.4.